The van der Waals surface area contributed by atoms with E-state index in [9.17, 15) is 9.90 Å². The first-order valence-corrected chi connectivity index (χ1v) is 8.95. The number of hydrogen-bond donors (Lipinski definition) is 1. The van der Waals surface area contributed by atoms with Crippen LogP contribution in [0, 0.1) is 5.92 Å². The van der Waals surface area contributed by atoms with Gasteiger partial charge in [0.2, 0.25) is 5.91 Å². The molecule has 1 saturated carbocycles. The molecule has 1 amide bonds. The molecule has 2 aliphatic heterocycles. The zero-order chi connectivity index (χ0) is 14.7. The summed E-state index contributed by atoms with van der Waals surface area (Å²) in [4.78, 5) is 17.0. The third kappa shape index (κ3) is 3.59. The van der Waals surface area contributed by atoms with Crippen molar-refractivity contribution in [3.8, 4) is 0 Å². The van der Waals surface area contributed by atoms with Gasteiger partial charge in [-0.2, -0.15) is 0 Å². The summed E-state index contributed by atoms with van der Waals surface area (Å²) < 4.78 is 0. The Bertz CT molecular complexity index is 353. The molecule has 3 fully saturated rings. The minimum absolute atomic E-state index is 0.135. The lowest BCUT2D eigenvalue weighted by Crippen LogP contribution is -2.45. The van der Waals surface area contributed by atoms with Crippen molar-refractivity contribution in [3.05, 3.63) is 0 Å². The fourth-order valence-corrected chi connectivity index (χ4v) is 4.54. The molecule has 0 aromatic carbocycles. The van der Waals surface area contributed by atoms with E-state index in [1.807, 2.05) is 0 Å². The second kappa shape index (κ2) is 7.10. The third-order valence-corrected chi connectivity index (χ3v) is 5.74. The van der Waals surface area contributed by atoms with Gasteiger partial charge in [0.1, 0.15) is 0 Å². The largest absolute Gasteiger partial charge is 0.393 e. The summed E-state index contributed by atoms with van der Waals surface area (Å²) in [6, 6.07) is 0.443. The second-order valence-electron chi connectivity index (χ2n) is 7.14. The average Bonchev–Trinajstić information content (AvgIpc) is 2.99. The van der Waals surface area contributed by atoms with Crippen molar-refractivity contribution >= 4 is 5.91 Å². The standard InChI is InChI=1S/C17H30N2O2/c20-16-9-5-7-14(16)15-8-6-12-19(15)13-17(21)18-10-3-1-2-4-11-18/h14-16,20H,1-13H2. The van der Waals surface area contributed by atoms with Gasteiger partial charge in [-0.15, -0.1) is 0 Å². The summed E-state index contributed by atoms with van der Waals surface area (Å²) in [5.41, 5.74) is 0. The van der Waals surface area contributed by atoms with Crippen molar-refractivity contribution in [2.75, 3.05) is 26.2 Å². The van der Waals surface area contributed by atoms with Gasteiger partial charge in [-0.05, 0) is 45.1 Å². The highest BCUT2D eigenvalue weighted by molar-refractivity contribution is 5.78. The van der Waals surface area contributed by atoms with Gasteiger partial charge in [0.05, 0.1) is 12.6 Å². The highest BCUT2D eigenvalue weighted by atomic mass is 16.3. The molecule has 3 atom stereocenters. The maximum absolute atomic E-state index is 12.6. The van der Waals surface area contributed by atoms with Crippen LogP contribution < -0.4 is 0 Å². The highest BCUT2D eigenvalue weighted by Gasteiger charge is 2.39. The van der Waals surface area contributed by atoms with Gasteiger partial charge in [-0.25, -0.2) is 0 Å². The number of aliphatic hydroxyl groups is 1. The maximum Gasteiger partial charge on any atom is 0.236 e. The van der Waals surface area contributed by atoms with E-state index in [-0.39, 0.29) is 6.10 Å². The summed E-state index contributed by atoms with van der Waals surface area (Å²) >= 11 is 0. The molecule has 120 valence electrons. The lowest BCUT2D eigenvalue weighted by molar-refractivity contribution is -0.133. The molecule has 2 saturated heterocycles. The summed E-state index contributed by atoms with van der Waals surface area (Å²) in [6.07, 6.45) is 10.3. The fourth-order valence-electron chi connectivity index (χ4n) is 4.54. The summed E-state index contributed by atoms with van der Waals surface area (Å²) in [6.45, 7) is 3.51. The summed E-state index contributed by atoms with van der Waals surface area (Å²) in [7, 11) is 0. The Morgan fingerprint density at radius 3 is 2.33 bits per heavy atom. The van der Waals surface area contributed by atoms with Crippen LogP contribution in [0.2, 0.25) is 0 Å². The number of carbonyl (C=O) groups is 1. The molecular weight excluding hydrogens is 264 g/mol. The molecule has 0 radical (unpaired) electrons. The average molecular weight is 294 g/mol. The van der Waals surface area contributed by atoms with Crippen molar-refractivity contribution in [1.82, 2.24) is 9.80 Å². The first-order valence-electron chi connectivity index (χ1n) is 8.95. The van der Waals surface area contributed by atoms with E-state index in [0.29, 0.717) is 24.4 Å². The van der Waals surface area contributed by atoms with E-state index in [1.54, 1.807) is 0 Å². The third-order valence-electron chi connectivity index (χ3n) is 5.74. The number of aliphatic hydroxyl groups excluding tert-OH is 1. The maximum atomic E-state index is 12.6. The van der Waals surface area contributed by atoms with E-state index < -0.39 is 0 Å². The van der Waals surface area contributed by atoms with Crippen molar-refractivity contribution in [3.63, 3.8) is 0 Å². The minimum atomic E-state index is -0.135. The Kier molecular flexibility index (Phi) is 5.17. The smallest absolute Gasteiger partial charge is 0.236 e. The van der Waals surface area contributed by atoms with Gasteiger partial charge >= 0.3 is 0 Å². The molecule has 4 heteroatoms. The molecule has 3 unspecified atom stereocenters. The van der Waals surface area contributed by atoms with Gasteiger partial charge < -0.3 is 10.0 Å². The quantitative estimate of drug-likeness (QED) is 0.866. The van der Waals surface area contributed by atoms with Crippen LogP contribution in [-0.4, -0.2) is 59.1 Å². The predicted octanol–water partition coefficient (Wildman–Crippen LogP) is 2.01. The van der Waals surface area contributed by atoms with Crippen LogP contribution in [0.4, 0.5) is 0 Å². The Balaban J connectivity index is 1.56. The summed E-state index contributed by atoms with van der Waals surface area (Å²) in [5, 5.41) is 10.2. The van der Waals surface area contributed by atoms with Gasteiger partial charge in [-0.1, -0.05) is 19.3 Å². The van der Waals surface area contributed by atoms with Crippen LogP contribution in [0.5, 0.6) is 0 Å². The zero-order valence-electron chi connectivity index (χ0n) is 13.2. The van der Waals surface area contributed by atoms with E-state index in [2.05, 4.69) is 9.80 Å². The topological polar surface area (TPSA) is 43.8 Å². The highest BCUT2D eigenvalue weighted by Crippen LogP contribution is 2.35. The fraction of sp³-hybridized carbons (Fsp3) is 0.941. The molecule has 3 rings (SSSR count). The monoisotopic (exact) mass is 294 g/mol. The van der Waals surface area contributed by atoms with Crippen molar-refractivity contribution in [2.24, 2.45) is 5.92 Å². The number of nitrogens with zero attached hydrogens (tertiary/aromatic N) is 2. The van der Waals surface area contributed by atoms with Crippen molar-refractivity contribution in [1.29, 1.82) is 0 Å². The molecule has 1 N–H and O–H groups in total. The Morgan fingerprint density at radius 2 is 1.67 bits per heavy atom. The number of carbonyl (C=O) groups excluding carboxylic acids is 1. The molecule has 0 bridgehead atoms. The van der Waals surface area contributed by atoms with Crippen molar-refractivity contribution in [2.45, 2.75) is 69.9 Å². The minimum Gasteiger partial charge on any atom is -0.393 e. The van der Waals surface area contributed by atoms with E-state index >= 15 is 0 Å². The second-order valence-corrected chi connectivity index (χ2v) is 7.14. The van der Waals surface area contributed by atoms with E-state index in [4.69, 9.17) is 0 Å². The van der Waals surface area contributed by atoms with Gasteiger partial charge in [0.25, 0.3) is 0 Å². The SMILES string of the molecule is O=C(CN1CCCC1C1CCCC1O)N1CCCCCC1. The van der Waals surface area contributed by atoms with Gasteiger partial charge in [0, 0.05) is 25.0 Å². The van der Waals surface area contributed by atoms with Crippen LogP contribution in [0.15, 0.2) is 0 Å². The number of hydrogen-bond acceptors (Lipinski definition) is 3. The number of rotatable bonds is 3. The molecule has 4 nitrogen and oxygen atoms in total. The molecule has 0 spiro atoms. The Morgan fingerprint density at radius 1 is 0.905 bits per heavy atom. The van der Waals surface area contributed by atoms with Gasteiger partial charge in [-0.3, -0.25) is 9.69 Å². The Labute approximate surface area is 128 Å². The van der Waals surface area contributed by atoms with Crippen LogP contribution in [0.25, 0.3) is 0 Å². The van der Waals surface area contributed by atoms with Crippen molar-refractivity contribution < 1.29 is 9.90 Å². The van der Waals surface area contributed by atoms with Crippen LogP contribution in [0.1, 0.15) is 57.8 Å². The van der Waals surface area contributed by atoms with Crippen LogP contribution in [-0.2, 0) is 4.79 Å². The number of amides is 1. The summed E-state index contributed by atoms with van der Waals surface area (Å²) in [5.74, 6) is 0.723. The lowest BCUT2D eigenvalue weighted by atomic mass is 9.94. The van der Waals surface area contributed by atoms with E-state index in [1.165, 1.54) is 19.3 Å². The first-order chi connectivity index (χ1) is 10.3. The molecule has 21 heavy (non-hydrogen) atoms. The van der Waals surface area contributed by atoms with Gasteiger partial charge in [0.15, 0.2) is 0 Å². The molecule has 1 aliphatic carbocycles. The van der Waals surface area contributed by atoms with Crippen LogP contribution >= 0.6 is 0 Å². The molecule has 3 aliphatic rings. The molecule has 0 aromatic rings. The van der Waals surface area contributed by atoms with Crippen LogP contribution in [0.3, 0.4) is 0 Å². The number of likely N-dealkylation sites (tertiary alicyclic amines) is 2. The predicted molar refractivity (Wildman–Crippen MR) is 83.0 cm³/mol. The zero-order valence-corrected chi connectivity index (χ0v) is 13.2. The molecule has 0 aromatic heterocycles. The molecule has 2 heterocycles. The van der Waals surface area contributed by atoms with E-state index in [0.717, 1.165) is 58.2 Å². The molecular formula is C17H30N2O2. The Hall–Kier alpha value is -0.610. The first kappa shape index (κ1) is 15.3. The lowest BCUT2D eigenvalue weighted by Gasteiger charge is -2.32. The normalized spacial score (nSPS) is 35.1.